The lowest BCUT2D eigenvalue weighted by molar-refractivity contribution is -0.133. The highest BCUT2D eigenvalue weighted by molar-refractivity contribution is 5.78. The van der Waals surface area contributed by atoms with Crippen molar-refractivity contribution >= 4 is 5.91 Å². The van der Waals surface area contributed by atoms with Gasteiger partial charge in [0.2, 0.25) is 5.91 Å². The van der Waals surface area contributed by atoms with Crippen LogP contribution in [0.2, 0.25) is 0 Å². The second-order valence-corrected chi connectivity index (χ2v) is 6.28. The van der Waals surface area contributed by atoms with E-state index in [0.717, 1.165) is 0 Å². The molecule has 0 aromatic heterocycles. The molecule has 0 saturated carbocycles. The fourth-order valence-corrected chi connectivity index (χ4v) is 2.93. The largest absolute Gasteiger partial charge is 0.395 e. The molecule has 0 bridgehead atoms. The molecule has 1 fully saturated rings. The number of hydrogen-bond donors (Lipinski definition) is 2. The Morgan fingerprint density at radius 3 is 2.79 bits per heavy atom. The molecule has 7 heteroatoms. The third-order valence-electron chi connectivity index (χ3n) is 4.16. The molecule has 6 nitrogen and oxygen atoms in total. The van der Waals surface area contributed by atoms with Crippen LogP contribution in [0.25, 0.3) is 0 Å². The maximum Gasteiger partial charge on any atom is 0.236 e. The first kappa shape index (κ1) is 18.8. The van der Waals surface area contributed by atoms with E-state index in [4.69, 9.17) is 5.11 Å². The summed E-state index contributed by atoms with van der Waals surface area (Å²) in [5, 5.41) is 19.0. The number of carbonyl (C=O) groups excluding carboxylic acids is 1. The fourth-order valence-electron chi connectivity index (χ4n) is 2.93. The highest BCUT2D eigenvalue weighted by Crippen LogP contribution is 2.10. The number of rotatable bonds is 6. The summed E-state index contributed by atoms with van der Waals surface area (Å²) in [6.07, 6.45) is -0.625. The van der Waals surface area contributed by atoms with E-state index in [1.54, 1.807) is 35.0 Å². The zero-order valence-electron chi connectivity index (χ0n) is 14.1. The molecule has 1 heterocycles. The first-order valence-corrected chi connectivity index (χ1v) is 8.20. The molecular formula is C17H26FN3O3. The third-order valence-corrected chi connectivity index (χ3v) is 4.16. The van der Waals surface area contributed by atoms with Crippen LogP contribution in [0.15, 0.2) is 24.3 Å². The highest BCUT2D eigenvalue weighted by atomic mass is 19.1. The standard InChI is InChI=1S/C17H26FN3O3/c1-19(10-14-4-2-3-5-16(14)18)13-17(24)21-7-6-20(8-9-22)11-15(23)12-21/h2-5,15,22-23H,6-13H2,1H3. The smallest absolute Gasteiger partial charge is 0.236 e. The minimum absolute atomic E-state index is 0.0338. The van der Waals surface area contributed by atoms with Gasteiger partial charge in [0.1, 0.15) is 5.82 Å². The summed E-state index contributed by atoms with van der Waals surface area (Å²) >= 11 is 0. The van der Waals surface area contributed by atoms with Crippen molar-refractivity contribution in [1.82, 2.24) is 14.7 Å². The Morgan fingerprint density at radius 2 is 2.08 bits per heavy atom. The summed E-state index contributed by atoms with van der Waals surface area (Å²) in [4.78, 5) is 17.8. The Labute approximate surface area is 142 Å². The summed E-state index contributed by atoms with van der Waals surface area (Å²) in [5.74, 6) is -0.361. The molecule has 1 aliphatic rings. The van der Waals surface area contributed by atoms with E-state index in [0.29, 0.717) is 38.3 Å². The second kappa shape index (κ2) is 9.08. The summed E-state index contributed by atoms with van der Waals surface area (Å²) in [6, 6.07) is 6.53. The number of halogens is 1. The number of β-amino-alcohol motifs (C(OH)–C–C–N with tert-alkyl or cyclic N) is 2. The molecule has 1 saturated heterocycles. The van der Waals surface area contributed by atoms with E-state index in [-0.39, 0.29) is 31.4 Å². The van der Waals surface area contributed by atoms with Crippen LogP contribution < -0.4 is 0 Å². The second-order valence-electron chi connectivity index (χ2n) is 6.28. The van der Waals surface area contributed by atoms with Gasteiger partial charge in [0, 0.05) is 44.8 Å². The van der Waals surface area contributed by atoms with E-state index in [1.165, 1.54) is 6.07 Å². The zero-order valence-corrected chi connectivity index (χ0v) is 14.1. The van der Waals surface area contributed by atoms with Crippen LogP contribution in [0.4, 0.5) is 4.39 Å². The topological polar surface area (TPSA) is 67.3 Å². The number of carbonyl (C=O) groups is 1. The molecule has 1 unspecified atom stereocenters. The van der Waals surface area contributed by atoms with Gasteiger partial charge in [-0.05, 0) is 13.1 Å². The van der Waals surface area contributed by atoms with Gasteiger partial charge in [-0.2, -0.15) is 0 Å². The van der Waals surface area contributed by atoms with Gasteiger partial charge in [0.25, 0.3) is 0 Å². The monoisotopic (exact) mass is 339 g/mol. The Morgan fingerprint density at radius 1 is 1.33 bits per heavy atom. The van der Waals surface area contributed by atoms with Gasteiger partial charge in [-0.1, -0.05) is 18.2 Å². The number of aliphatic hydroxyl groups excluding tert-OH is 2. The van der Waals surface area contributed by atoms with Crippen LogP contribution in [-0.4, -0.2) is 89.8 Å². The van der Waals surface area contributed by atoms with Gasteiger partial charge in [0.05, 0.1) is 19.3 Å². The number of benzene rings is 1. The predicted molar refractivity (Wildman–Crippen MR) is 88.8 cm³/mol. The maximum absolute atomic E-state index is 13.7. The van der Waals surface area contributed by atoms with Gasteiger partial charge in [-0.25, -0.2) is 4.39 Å². The van der Waals surface area contributed by atoms with Gasteiger partial charge in [-0.3, -0.25) is 14.6 Å². The molecule has 1 aliphatic heterocycles. The zero-order chi connectivity index (χ0) is 17.5. The number of likely N-dealkylation sites (N-methyl/N-ethyl adjacent to an activating group) is 1. The van der Waals surface area contributed by atoms with Crippen LogP contribution in [0.5, 0.6) is 0 Å². The van der Waals surface area contributed by atoms with E-state index in [2.05, 4.69) is 0 Å². The van der Waals surface area contributed by atoms with Gasteiger partial charge < -0.3 is 15.1 Å². The van der Waals surface area contributed by atoms with Crippen molar-refractivity contribution in [2.45, 2.75) is 12.6 Å². The Kier molecular flexibility index (Phi) is 7.11. The van der Waals surface area contributed by atoms with Crippen molar-refractivity contribution in [3.05, 3.63) is 35.6 Å². The lowest BCUT2D eigenvalue weighted by Crippen LogP contribution is -2.42. The molecule has 2 rings (SSSR count). The number of aliphatic hydroxyl groups is 2. The van der Waals surface area contributed by atoms with Crippen molar-refractivity contribution in [1.29, 1.82) is 0 Å². The molecular weight excluding hydrogens is 313 g/mol. The Balaban J connectivity index is 1.88. The van der Waals surface area contributed by atoms with E-state index < -0.39 is 6.10 Å². The molecule has 0 radical (unpaired) electrons. The molecule has 1 aromatic rings. The van der Waals surface area contributed by atoms with Crippen molar-refractivity contribution in [3.63, 3.8) is 0 Å². The quantitative estimate of drug-likeness (QED) is 0.749. The van der Waals surface area contributed by atoms with Gasteiger partial charge in [-0.15, -0.1) is 0 Å². The van der Waals surface area contributed by atoms with Crippen LogP contribution >= 0.6 is 0 Å². The normalized spacial score (nSPS) is 19.5. The first-order valence-electron chi connectivity index (χ1n) is 8.20. The van der Waals surface area contributed by atoms with Crippen LogP contribution in [-0.2, 0) is 11.3 Å². The number of nitrogens with zero attached hydrogens (tertiary/aromatic N) is 3. The molecule has 0 spiro atoms. The van der Waals surface area contributed by atoms with Crippen LogP contribution in [0.3, 0.4) is 0 Å². The summed E-state index contributed by atoms with van der Waals surface area (Å²) in [5.41, 5.74) is 0.554. The number of amides is 1. The lowest BCUT2D eigenvalue weighted by Gasteiger charge is -2.25. The molecule has 1 amide bonds. The molecule has 1 aromatic carbocycles. The molecule has 0 aliphatic carbocycles. The highest BCUT2D eigenvalue weighted by Gasteiger charge is 2.24. The van der Waals surface area contributed by atoms with Gasteiger partial charge in [0.15, 0.2) is 0 Å². The summed E-state index contributed by atoms with van der Waals surface area (Å²) < 4.78 is 13.7. The third kappa shape index (κ3) is 5.52. The van der Waals surface area contributed by atoms with Crippen molar-refractivity contribution in [2.24, 2.45) is 0 Å². The average molecular weight is 339 g/mol. The molecule has 1 atom stereocenters. The fraction of sp³-hybridized carbons (Fsp3) is 0.588. The molecule has 24 heavy (non-hydrogen) atoms. The SMILES string of the molecule is CN(CC(=O)N1CCN(CCO)CC(O)C1)Cc1ccccc1F. The minimum atomic E-state index is -0.625. The van der Waals surface area contributed by atoms with Crippen LogP contribution in [0, 0.1) is 5.82 Å². The predicted octanol–water partition coefficient (Wildman–Crippen LogP) is -0.245. The first-order chi connectivity index (χ1) is 11.5. The van der Waals surface area contributed by atoms with Crippen LogP contribution in [0.1, 0.15) is 5.56 Å². The Hall–Kier alpha value is -1.54. The van der Waals surface area contributed by atoms with E-state index in [1.807, 2.05) is 4.90 Å². The molecule has 2 N–H and O–H groups in total. The van der Waals surface area contributed by atoms with E-state index in [9.17, 15) is 14.3 Å². The van der Waals surface area contributed by atoms with Gasteiger partial charge >= 0.3 is 0 Å². The minimum Gasteiger partial charge on any atom is -0.395 e. The number of hydrogen-bond acceptors (Lipinski definition) is 5. The summed E-state index contributed by atoms with van der Waals surface area (Å²) in [7, 11) is 1.77. The summed E-state index contributed by atoms with van der Waals surface area (Å²) in [6.45, 7) is 2.93. The van der Waals surface area contributed by atoms with E-state index >= 15 is 0 Å². The average Bonchev–Trinajstić information content (AvgIpc) is 2.71. The maximum atomic E-state index is 13.7. The van der Waals surface area contributed by atoms with Crippen molar-refractivity contribution in [3.8, 4) is 0 Å². The lowest BCUT2D eigenvalue weighted by atomic mass is 10.2. The van der Waals surface area contributed by atoms with Crippen molar-refractivity contribution in [2.75, 3.05) is 52.9 Å². The molecule has 134 valence electrons. The van der Waals surface area contributed by atoms with Crippen molar-refractivity contribution < 1.29 is 19.4 Å². The Bertz CT molecular complexity index is 544.